The van der Waals surface area contributed by atoms with Gasteiger partial charge in [-0.05, 0) is 74.5 Å². The number of nitriles is 1. The van der Waals surface area contributed by atoms with Crippen molar-refractivity contribution in [1.29, 1.82) is 5.26 Å². The second kappa shape index (κ2) is 8.47. The first kappa shape index (κ1) is 21.0. The zero-order valence-corrected chi connectivity index (χ0v) is 18.9. The molecule has 0 N–H and O–H groups in total. The number of hydrogen-bond donors (Lipinski definition) is 0. The Hall–Kier alpha value is -2.26. The Labute approximate surface area is 188 Å². The number of anilines is 1. The molecule has 4 nitrogen and oxygen atoms in total. The number of benzene rings is 2. The number of piperidine rings is 1. The molecule has 154 valence electrons. The third-order valence-electron chi connectivity index (χ3n) is 5.99. The maximum Gasteiger partial charge on any atom is 0.133 e. The van der Waals surface area contributed by atoms with Crippen molar-refractivity contribution in [3.05, 3.63) is 59.1 Å². The number of hydrogen-bond acceptors (Lipinski definition) is 4. The molecule has 0 bridgehead atoms. The largest absolute Gasteiger partial charge is 0.293 e. The van der Waals surface area contributed by atoms with Crippen molar-refractivity contribution >= 4 is 46.0 Å². The molecule has 2 fully saturated rings. The van der Waals surface area contributed by atoms with Crippen molar-refractivity contribution in [1.82, 2.24) is 4.90 Å². The van der Waals surface area contributed by atoms with E-state index in [1.807, 2.05) is 48.5 Å². The normalized spacial score (nSPS) is 23.0. The van der Waals surface area contributed by atoms with Crippen LogP contribution in [0.15, 0.2) is 53.5 Å². The van der Waals surface area contributed by atoms with Crippen LogP contribution in [0, 0.1) is 16.7 Å². The molecule has 0 saturated carbocycles. The minimum absolute atomic E-state index is 0.0941. The molecule has 0 amide bonds. The molecule has 0 radical (unpaired) electrons. The summed E-state index contributed by atoms with van der Waals surface area (Å²) in [6.45, 7) is 6.54. The number of rotatable bonds is 3. The van der Waals surface area contributed by atoms with E-state index in [9.17, 15) is 5.26 Å². The predicted molar refractivity (Wildman–Crippen MR) is 128 cm³/mol. The first-order chi connectivity index (χ1) is 14.4. The zero-order chi connectivity index (χ0) is 21.3. The second-order valence-electron chi connectivity index (χ2n) is 8.47. The van der Waals surface area contributed by atoms with Crippen LogP contribution in [0.5, 0.6) is 0 Å². The van der Waals surface area contributed by atoms with E-state index in [1.54, 1.807) is 0 Å². The number of halogens is 1. The second-order valence-corrected chi connectivity index (χ2v) is 9.29. The molecule has 0 aliphatic carbocycles. The molecule has 2 aliphatic heterocycles. The van der Waals surface area contributed by atoms with Crippen molar-refractivity contribution in [2.75, 3.05) is 18.0 Å². The van der Waals surface area contributed by atoms with Crippen LogP contribution in [-0.4, -0.2) is 34.9 Å². The summed E-state index contributed by atoms with van der Waals surface area (Å²) in [6, 6.07) is 17.5. The van der Waals surface area contributed by atoms with Crippen LogP contribution in [0.3, 0.4) is 0 Å². The zero-order valence-electron chi connectivity index (χ0n) is 17.3. The highest BCUT2D eigenvalue weighted by atomic mass is 35.5. The number of nitrogens with zero attached hydrogens (tertiary/aromatic N) is 4. The van der Waals surface area contributed by atoms with Crippen LogP contribution in [0.2, 0.25) is 5.02 Å². The van der Waals surface area contributed by atoms with Gasteiger partial charge in [0.25, 0.3) is 0 Å². The topological polar surface area (TPSA) is 42.6 Å². The monoisotopic (exact) mass is 436 g/mol. The Morgan fingerprint density at radius 3 is 2.27 bits per heavy atom. The molecule has 2 saturated heterocycles. The lowest BCUT2D eigenvalue weighted by molar-refractivity contribution is 0.155. The van der Waals surface area contributed by atoms with Gasteiger partial charge in [0.2, 0.25) is 0 Å². The van der Waals surface area contributed by atoms with Gasteiger partial charge in [-0.3, -0.25) is 9.80 Å². The van der Waals surface area contributed by atoms with E-state index in [4.69, 9.17) is 28.8 Å². The third kappa shape index (κ3) is 3.88. The maximum atomic E-state index is 9.18. The molecule has 2 aromatic rings. The third-order valence-corrected chi connectivity index (χ3v) is 6.95. The van der Waals surface area contributed by atoms with Gasteiger partial charge < -0.3 is 0 Å². The Morgan fingerprint density at radius 2 is 1.67 bits per heavy atom. The van der Waals surface area contributed by atoms with Gasteiger partial charge in [0, 0.05) is 16.1 Å². The van der Waals surface area contributed by atoms with E-state index in [0.29, 0.717) is 10.6 Å². The fraction of sp³-hybridized carbons (Fsp3) is 0.375. The van der Waals surface area contributed by atoms with Crippen molar-refractivity contribution in [3.8, 4) is 6.07 Å². The van der Waals surface area contributed by atoms with E-state index in [-0.39, 0.29) is 11.5 Å². The fourth-order valence-corrected chi connectivity index (χ4v) is 4.88. The van der Waals surface area contributed by atoms with E-state index >= 15 is 0 Å². The van der Waals surface area contributed by atoms with Crippen LogP contribution < -0.4 is 4.90 Å². The summed E-state index contributed by atoms with van der Waals surface area (Å²) < 4.78 is 0. The van der Waals surface area contributed by atoms with E-state index in [2.05, 4.69) is 29.7 Å². The number of aliphatic imine (C=N–C) groups is 1. The molecule has 2 heterocycles. The quantitative estimate of drug-likeness (QED) is 0.556. The van der Waals surface area contributed by atoms with Gasteiger partial charge >= 0.3 is 0 Å². The lowest BCUT2D eigenvalue weighted by Gasteiger charge is -2.38. The molecule has 4 rings (SSSR count). The Bertz CT molecular complexity index is 999. The van der Waals surface area contributed by atoms with Gasteiger partial charge in [-0.1, -0.05) is 44.1 Å². The molecule has 6 heteroatoms. The summed E-state index contributed by atoms with van der Waals surface area (Å²) in [7, 11) is 0. The van der Waals surface area contributed by atoms with Crippen molar-refractivity contribution in [2.45, 2.75) is 39.2 Å². The highest BCUT2D eigenvalue weighted by Gasteiger charge is 2.52. The molecular weight excluding hydrogens is 412 g/mol. The summed E-state index contributed by atoms with van der Waals surface area (Å²) in [5.41, 5.74) is 2.19. The Kier molecular flexibility index (Phi) is 5.92. The minimum Gasteiger partial charge on any atom is -0.293 e. The molecule has 0 aromatic heterocycles. The molecule has 2 aromatic carbocycles. The van der Waals surface area contributed by atoms with E-state index in [1.165, 1.54) is 19.3 Å². The van der Waals surface area contributed by atoms with Gasteiger partial charge in [-0.15, -0.1) is 0 Å². The lowest BCUT2D eigenvalue weighted by atomic mass is 9.85. The predicted octanol–water partition coefficient (Wildman–Crippen LogP) is 5.97. The van der Waals surface area contributed by atoms with Crippen LogP contribution in [0.1, 0.15) is 38.7 Å². The number of likely N-dealkylation sites (tertiary alicyclic amines) is 1. The Balaban J connectivity index is 1.84. The first-order valence-corrected chi connectivity index (χ1v) is 11.1. The van der Waals surface area contributed by atoms with Crippen LogP contribution in [0.4, 0.5) is 11.4 Å². The van der Waals surface area contributed by atoms with Crippen molar-refractivity contribution in [2.24, 2.45) is 10.4 Å². The summed E-state index contributed by atoms with van der Waals surface area (Å²) in [5, 5.41) is 9.87. The summed E-state index contributed by atoms with van der Waals surface area (Å²) in [4.78, 5) is 10.6. The summed E-state index contributed by atoms with van der Waals surface area (Å²) in [6.07, 6.45) is 3.67. The summed E-state index contributed by atoms with van der Waals surface area (Å²) >= 11 is 12.1. The fourth-order valence-electron chi connectivity index (χ4n) is 4.44. The highest BCUT2D eigenvalue weighted by molar-refractivity contribution is 7.80. The lowest BCUT2D eigenvalue weighted by Crippen LogP contribution is -2.49. The smallest absolute Gasteiger partial charge is 0.133 e. The summed E-state index contributed by atoms with van der Waals surface area (Å²) in [5.74, 6) is 0.943. The van der Waals surface area contributed by atoms with Crippen molar-refractivity contribution < 1.29 is 0 Å². The van der Waals surface area contributed by atoms with Gasteiger partial charge in [0.1, 0.15) is 5.84 Å². The average molecular weight is 437 g/mol. The SMILES string of the molecule is CC1(C)C(=S)N(c2ccc(C#N)cc2)C(=Nc2ccc(Cl)cc2)C1N1CCCCC1. The molecule has 2 aliphatic rings. The number of thiocarbonyl (C=S) groups is 1. The van der Waals surface area contributed by atoms with Gasteiger partial charge in [-0.2, -0.15) is 5.26 Å². The highest BCUT2D eigenvalue weighted by Crippen LogP contribution is 2.42. The van der Waals surface area contributed by atoms with Crippen LogP contribution in [0.25, 0.3) is 0 Å². The van der Waals surface area contributed by atoms with Gasteiger partial charge in [0.05, 0.1) is 28.4 Å². The Morgan fingerprint density at radius 1 is 1.03 bits per heavy atom. The van der Waals surface area contributed by atoms with E-state index < -0.39 is 0 Å². The van der Waals surface area contributed by atoms with Crippen molar-refractivity contribution in [3.63, 3.8) is 0 Å². The molecule has 0 spiro atoms. The minimum atomic E-state index is -0.244. The number of amidine groups is 1. The van der Waals surface area contributed by atoms with Crippen LogP contribution in [-0.2, 0) is 0 Å². The van der Waals surface area contributed by atoms with E-state index in [0.717, 1.165) is 35.3 Å². The first-order valence-electron chi connectivity index (χ1n) is 10.3. The molecule has 1 unspecified atom stereocenters. The molecular formula is C24H25ClN4S. The molecule has 1 atom stereocenters. The standard InChI is InChI=1S/C24H25ClN4S/c1-24(2)21(28-14-4-3-5-15-28)22(27-19-10-8-18(25)9-11-19)29(23(24)30)20-12-6-17(16-26)7-13-20/h6-13,21H,3-5,14-15H2,1-2H3. The van der Waals surface area contributed by atoms with Gasteiger partial charge in [0.15, 0.2) is 0 Å². The molecule has 30 heavy (non-hydrogen) atoms. The maximum absolute atomic E-state index is 9.18. The van der Waals surface area contributed by atoms with Gasteiger partial charge in [-0.25, -0.2) is 4.99 Å². The van der Waals surface area contributed by atoms with Crippen LogP contribution >= 0.6 is 23.8 Å². The average Bonchev–Trinajstić information content (AvgIpc) is 2.95.